The van der Waals surface area contributed by atoms with Crippen LogP contribution in [0, 0.1) is 13.8 Å². The van der Waals surface area contributed by atoms with Crippen molar-refractivity contribution in [3.8, 4) is 0 Å². The number of nitrogens with one attached hydrogen (secondary N) is 2. The number of nitrogens with zero attached hydrogens (tertiary/aromatic N) is 4. The number of amides is 1. The average molecular weight is 338 g/mol. The van der Waals surface area contributed by atoms with Crippen molar-refractivity contribution in [2.45, 2.75) is 20.3 Å². The molecule has 1 aliphatic rings. The normalized spacial score (nSPS) is 15.8. The Morgan fingerprint density at radius 2 is 1.92 bits per heavy atom. The summed E-state index contributed by atoms with van der Waals surface area (Å²) in [4.78, 5) is 26.1. The van der Waals surface area contributed by atoms with Crippen LogP contribution in [0.4, 0.5) is 0 Å². The van der Waals surface area contributed by atoms with Crippen molar-refractivity contribution in [2.75, 3.05) is 20.6 Å². The van der Waals surface area contributed by atoms with Crippen molar-refractivity contribution in [2.24, 2.45) is 5.10 Å². The van der Waals surface area contributed by atoms with Gasteiger partial charge in [0, 0.05) is 30.3 Å². The Morgan fingerprint density at radius 1 is 1.20 bits per heavy atom. The molecule has 0 spiro atoms. The predicted octanol–water partition coefficient (Wildman–Crippen LogP) is 1.44. The highest BCUT2D eigenvalue weighted by Gasteiger charge is 2.26. The molecule has 2 N–H and O–H groups in total. The first kappa shape index (κ1) is 17.0. The van der Waals surface area contributed by atoms with Gasteiger partial charge in [0.1, 0.15) is 5.71 Å². The number of aryl methyl sites for hydroxylation is 1. The zero-order chi connectivity index (χ0) is 18.0. The average Bonchev–Trinajstić information content (AvgIpc) is 3.07. The zero-order valence-electron chi connectivity index (χ0n) is 14.9. The predicted molar refractivity (Wildman–Crippen MR) is 97.2 cm³/mol. The molecule has 3 heterocycles. The van der Waals surface area contributed by atoms with E-state index < -0.39 is 0 Å². The third-order valence-corrected chi connectivity index (χ3v) is 4.28. The van der Waals surface area contributed by atoms with Gasteiger partial charge < -0.3 is 9.88 Å². The second-order valence-electron chi connectivity index (χ2n) is 6.35. The molecule has 0 aliphatic carbocycles. The fourth-order valence-corrected chi connectivity index (χ4v) is 2.87. The van der Waals surface area contributed by atoms with Gasteiger partial charge in [0.2, 0.25) is 0 Å². The minimum atomic E-state index is -0.246. The summed E-state index contributed by atoms with van der Waals surface area (Å²) in [5.41, 5.74) is 7.91. The van der Waals surface area contributed by atoms with Crippen LogP contribution >= 0.6 is 0 Å². The molecule has 0 unspecified atom stereocenters. The van der Waals surface area contributed by atoms with Gasteiger partial charge in [-0.25, -0.2) is 15.4 Å². The van der Waals surface area contributed by atoms with E-state index in [-0.39, 0.29) is 5.91 Å². The molecule has 0 radical (unpaired) electrons. The van der Waals surface area contributed by atoms with Crippen molar-refractivity contribution < 1.29 is 4.79 Å². The number of hydrogen-bond acceptors (Lipinski definition) is 5. The van der Waals surface area contributed by atoms with Crippen LogP contribution in [0.25, 0.3) is 6.08 Å². The highest BCUT2D eigenvalue weighted by molar-refractivity contribution is 6.32. The van der Waals surface area contributed by atoms with Gasteiger partial charge in [0.25, 0.3) is 5.91 Å². The van der Waals surface area contributed by atoms with Gasteiger partial charge in [-0.05, 0) is 57.6 Å². The number of carbonyl (C=O) groups excluding carboxylic acids is 1. The van der Waals surface area contributed by atoms with Crippen LogP contribution in [0.1, 0.15) is 28.3 Å². The molecule has 0 bridgehead atoms. The molecule has 3 rings (SSSR count). The van der Waals surface area contributed by atoms with E-state index in [1.165, 1.54) is 5.56 Å². The Hall–Kier alpha value is -2.80. The molecule has 2 aromatic rings. The Morgan fingerprint density at radius 3 is 2.60 bits per heavy atom. The van der Waals surface area contributed by atoms with Crippen LogP contribution < -0.4 is 5.43 Å². The lowest BCUT2D eigenvalue weighted by molar-refractivity contribution is -0.116. The summed E-state index contributed by atoms with van der Waals surface area (Å²) in [5.74, 6) is 0.185. The van der Waals surface area contributed by atoms with E-state index in [0.717, 1.165) is 29.9 Å². The van der Waals surface area contributed by atoms with Gasteiger partial charge in [-0.1, -0.05) is 0 Å². The van der Waals surface area contributed by atoms with Gasteiger partial charge in [-0.15, -0.1) is 0 Å². The van der Waals surface area contributed by atoms with E-state index in [2.05, 4.69) is 58.3 Å². The molecule has 25 heavy (non-hydrogen) atoms. The van der Waals surface area contributed by atoms with Crippen molar-refractivity contribution in [1.82, 2.24) is 25.3 Å². The van der Waals surface area contributed by atoms with Crippen molar-refractivity contribution in [1.29, 1.82) is 0 Å². The van der Waals surface area contributed by atoms with E-state index in [0.29, 0.717) is 17.1 Å². The number of rotatable bonds is 5. The summed E-state index contributed by atoms with van der Waals surface area (Å²) in [6, 6.07) is 1.73. The summed E-state index contributed by atoms with van der Waals surface area (Å²) in [6.07, 6.45) is 6.06. The van der Waals surface area contributed by atoms with Crippen molar-refractivity contribution in [3.05, 3.63) is 52.4 Å². The maximum Gasteiger partial charge on any atom is 0.273 e. The van der Waals surface area contributed by atoms with Gasteiger partial charge in [-0.3, -0.25) is 4.79 Å². The lowest BCUT2D eigenvalue weighted by Gasteiger charge is -2.09. The minimum absolute atomic E-state index is 0.246. The zero-order valence-corrected chi connectivity index (χ0v) is 14.9. The molecular formula is C18H22N6O. The maximum absolute atomic E-state index is 12.2. The highest BCUT2D eigenvalue weighted by Crippen LogP contribution is 2.23. The monoisotopic (exact) mass is 338 g/mol. The number of H-pyrrole nitrogens is 1. The molecule has 0 saturated carbocycles. The van der Waals surface area contributed by atoms with Crippen molar-refractivity contribution in [3.63, 3.8) is 0 Å². The smallest absolute Gasteiger partial charge is 0.273 e. The second kappa shape index (κ2) is 6.98. The molecule has 7 heteroatoms. The van der Waals surface area contributed by atoms with Crippen LogP contribution in [0.2, 0.25) is 0 Å². The fraction of sp³-hybridized carbons (Fsp3) is 0.333. The van der Waals surface area contributed by atoms with Crippen LogP contribution in [0.5, 0.6) is 0 Å². The number of carbonyl (C=O) groups is 1. The SMILES string of the molecule is Cc1[nH]c(C=C2C(=O)NN=C2c2ncccn2)c(C)c1CCN(C)C. The lowest BCUT2D eigenvalue weighted by atomic mass is 10.0. The number of aromatic nitrogens is 3. The van der Waals surface area contributed by atoms with Gasteiger partial charge in [0.15, 0.2) is 5.82 Å². The standard InChI is InChI=1S/C18H22N6O/c1-11-13(6-9-24(3)4)12(2)21-15(11)10-14-16(22-23-18(14)25)17-19-7-5-8-20-17/h5,7-8,10,21H,6,9H2,1-4H3,(H,23,25). The van der Waals surface area contributed by atoms with Crippen LogP contribution in [-0.4, -0.2) is 52.1 Å². The van der Waals surface area contributed by atoms with Gasteiger partial charge >= 0.3 is 0 Å². The first-order chi connectivity index (χ1) is 12.0. The van der Waals surface area contributed by atoms with E-state index in [1.807, 2.05) is 6.08 Å². The molecule has 2 aromatic heterocycles. The molecule has 1 aliphatic heterocycles. The Kier molecular flexibility index (Phi) is 4.76. The number of aromatic amines is 1. The summed E-state index contributed by atoms with van der Waals surface area (Å²) in [5, 5.41) is 4.09. The van der Waals surface area contributed by atoms with E-state index in [1.54, 1.807) is 18.5 Å². The largest absolute Gasteiger partial charge is 0.359 e. The Labute approximate surface area is 146 Å². The summed E-state index contributed by atoms with van der Waals surface area (Å²) < 4.78 is 0. The van der Waals surface area contributed by atoms with Crippen molar-refractivity contribution >= 4 is 17.7 Å². The van der Waals surface area contributed by atoms with Gasteiger partial charge in [0.05, 0.1) is 5.57 Å². The fourth-order valence-electron chi connectivity index (χ4n) is 2.87. The molecular weight excluding hydrogens is 316 g/mol. The Bertz CT molecular complexity index is 848. The molecule has 0 fully saturated rings. The van der Waals surface area contributed by atoms with E-state index in [4.69, 9.17) is 0 Å². The molecule has 0 saturated heterocycles. The highest BCUT2D eigenvalue weighted by atomic mass is 16.2. The third-order valence-electron chi connectivity index (χ3n) is 4.28. The maximum atomic E-state index is 12.2. The van der Waals surface area contributed by atoms with Crippen LogP contribution in [0.15, 0.2) is 29.1 Å². The topological polar surface area (TPSA) is 86.3 Å². The van der Waals surface area contributed by atoms with Gasteiger partial charge in [-0.2, -0.15) is 5.10 Å². The lowest BCUT2D eigenvalue weighted by Crippen LogP contribution is -2.15. The quantitative estimate of drug-likeness (QED) is 0.808. The first-order valence-electron chi connectivity index (χ1n) is 8.17. The number of hydrazone groups is 1. The molecule has 130 valence electrons. The summed E-state index contributed by atoms with van der Waals surface area (Å²) in [7, 11) is 4.12. The summed E-state index contributed by atoms with van der Waals surface area (Å²) in [6.45, 7) is 5.11. The number of likely N-dealkylation sites (N-methyl/N-ethyl adjacent to an activating group) is 1. The third kappa shape index (κ3) is 3.51. The number of hydrogen-bond donors (Lipinski definition) is 2. The van der Waals surface area contributed by atoms with Crippen LogP contribution in [-0.2, 0) is 11.2 Å². The molecule has 1 amide bonds. The van der Waals surface area contributed by atoms with E-state index in [9.17, 15) is 4.79 Å². The molecule has 0 atom stereocenters. The summed E-state index contributed by atoms with van der Waals surface area (Å²) >= 11 is 0. The molecule has 7 nitrogen and oxygen atoms in total. The van der Waals surface area contributed by atoms with Crippen LogP contribution in [0.3, 0.4) is 0 Å². The molecule has 0 aromatic carbocycles. The Balaban J connectivity index is 1.95. The minimum Gasteiger partial charge on any atom is -0.359 e. The van der Waals surface area contributed by atoms with E-state index >= 15 is 0 Å². The first-order valence-corrected chi connectivity index (χ1v) is 8.17. The second-order valence-corrected chi connectivity index (χ2v) is 6.35.